The number of benzene rings is 2. The van der Waals surface area contributed by atoms with Crippen molar-refractivity contribution in [2.45, 2.75) is 13.8 Å². The largest absolute Gasteiger partial charge is 0.462 e. The number of thioether (sulfide) groups is 1. The molecule has 0 radical (unpaired) electrons. The summed E-state index contributed by atoms with van der Waals surface area (Å²) in [5.41, 5.74) is 2.44. The van der Waals surface area contributed by atoms with Crippen molar-refractivity contribution in [2.24, 2.45) is 4.99 Å². The van der Waals surface area contributed by atoms with Crippen LogP contribution in [0.2, 0.25) is 0 Å². The summed E-state index contributed by atoms with van der Waals surface area (Å²) >= 11 is 1.50. The number of nitrogens with zero attached hydrogens (tertiary/aromatic N) is 2. The molecular weight excluding hydrogens is 360 g/mol. The molecule has 2 aromatic rings. The molecule has 0 fully saturated rings. The van der Waals surface area contributed by atoms with E-state index in [1.807, 2.05) is 37.3 Å². The predicted octanol–water partition coefficient (Wildman–Crippen LogP) is 4.36. The SMILES string of the molecule is CCOC(=O)c1ccc(N2C(=O)/C(=C/c3ccccc3)N=C2SCC)cc1. The summed E-state index contributed by atoms with van der Waals surface area (Å²) in [6, 6.07) is 16.4. The van der Waals surface area contributed by atoms with Gasteiger partial charge in [0.05, 0.1) is 17.9 Å². The van der Waals surface area contributed by atoms with Crippen LogP contribution in [0.3, 0.4) is 0 Å². The highest BCUT2D eigenvalue weighted by molar-refractivity contribution is 8.14. The molecule has 0 saturated carbocycles. The van der Waals surface area contributed by atoms with E-state index in [2.05, 4.69) is 4.99 Å². The second kappa shape index (κ2) is 8.68. The molecule has 1 aliphatic heterocycles. The molecule has 1 heterocycles. The van der Waals surface area contributed by atoms with E-state index in [1.165, 1.54) is 11.8 Å². The van der Waals surface area contributed by atoms with Crippen molar-refractivity contribution in [1.82, 2.24) is 0 Å². The van der Waals surface area contributed by atoms with E-state index in [0.29, 0.717) is 28.7 Å². The fourth-order valence-corrected chi connectivity index (χ4v) is 3.36. The zero-order chi connectivity index (χ0) is 19.2. The third kappa shape index (κ3) is 4.28. The number of hydrogen-bond acceptors (Lipinski definition) is 5. The van der Waals surface area contributed by atoms with E-state index in [9.17, 15) is 9.59 Å². The van der Waals surface area contributed by atoms with Gasteiger partial charge in [0.1, 0.15) is 5.70 Å². The first kappa shape index (κ1) is 18.9. The second-order valence-electron chi connectivity index (χ2n) is 5.68. The molecule has 2 aromatic carbocycles. The lowest BCUT2D eigenvalue weighted by atomic mass is 10.1. The fourth-order valence-electron chi connectivity index (χ4n) is 2.62. The van der Waals surface area contributed by atoms with Gasteiger partial charge in [-0.15, -0.1) is 0 Å². The van der Waals surface area contributed by atoms with Crippen LogP contribution in [0.25, 0.3) is 6.08 Å². The zero-order valence-electron chi connectivity index (χ0n) is 15.2. The van der Waals surface area contributed by atoms with Crippen molar-refractivity contribution in [3.8, 4) is 0 Å². The zero-order valence-corrected chi connectivity index (χ0v) is 16.0. The van der Waals surface area contributed by atoms with Gasteiger partial charge in [0.2, 0.25) is 0 Å². The van der Waals surface area contributed by atoms with Crippen LogP contribution >= 0.6 is 11.8 Å². The number of carbonyl (C=O) groups is 2. The van der Waals surface area contributed by atoms with Crippen molar-refractivity contribution in [3.05, 3.63) is 71.4 Å². The molecule has 0 saturated heterocycles. The summed E-state index contributed by atoms with van der Waals surface area (Å²) in [5, 5.41) is 0.633. The van der Waals surface area contributed by atoms with Crippen molar-refractivity contribution in [3.63, 3.8) is 0 Å². The Hall–Kier alpha value is -2.86. The molecule has 0 unspecified atom stereocenters. The average Bonchev–Trinajstić information content (AvgIpc) is 2.98. The van der Waals surface area contributed by atoms with Gasteiger partial charge in [-0.3, -0.25) is 9.69 Å². The number of ether oxygens (including phenoxy) is 1. The lowest BCUT2D eigenvalue weighted by Gasteiger charge is -2.17. The van der Waals surface area contributed by atoms with Gasteiger partial charge in [0.15, 0.2) is 5.17 Å². The average molecular weight is 380 g/mol. The van der Waals surface area contributed by atoms with Crippen molar-refractivity contribution < 1.29 is 14.3 Å². The maximum atomic E-state index is 13.0. The molecule has 138 valence electrons. The molecule has 1 aliphatic rings. The van der Waals surface area contributed by atoms with E-state index in [4.69, 9.17) is 4.74 Å². The number of carbonyl (C=O) groups excluding carboxylic acids is 2. The molecule has 27 heavy (non-hydrogen) atoms. The lowest BCUT2D eigenvalue weighted by Crippen LogP contribution is -2.30. The van der Waals surface area contributed by atoms with Gasteiger partial charge in [-0.05, 0) is 48.6 Å². The Bertz CT molecular complexity index is 889. The smallest absolute Gasteiger partial charge is 0.338 e. The molecule has 5 nitrogen and oxygen atoms in total. The molecule has 0 atom stereocenters. The van der Waals surface area contributed by atoms with Crippen LogP contribution in [0.1, 0.15) is 29.8 Å². The van der Waals surface area contributed by atoms with Crippen LogP contribution in [-0.2, 0) is 9.53 Å². The van der Waals surface area contributed by atoms with Crippen LogP contribution < -0.4 is 4.90 Å². The van der Waals surface area contributed by atoms with Crippen molar-refractivity contribution in [1.29, 1.82) is 0 Å². The monoisotopic (exact) mass is 380 g/mol. The Morgan fingerprint density at radius 1 is 1.11 bits per heavy atom. The van der Waals surface area contributed by atoms with Gasteiger partial charge >= 0.3 is 5.97 Å². The number of esters is 1. The van der Waals surface area contributed by atoms with Crippen LogP contribution in [0.15, 0.2) is 65.3 Å². The Morgan fingerprint density at radius 3 is 2.44 bits per heavy atom. The molecular formula is C21H20N2O3S. The maximum absolute atomic E-state index is 13.0. The third-order valence-electron chi connectivity index (χ3n) is 3.84. The summed E-state index contributed by atoms with van der Waals surface area (Å²) in [5.74, 6) is 0.235. The first-order chi connectivity index (χ1) is 13.1. The number of aliphatic imine (C=N–C) groups is 1. The fraction of sp³-hybridized carbons (Fsp3) is 0.190. The number of anilines is 1. The highest BCUT2D eigenvalue weighted by atomic mass is 32.2. The van der Waals surface area contributed by atoms with Crippen LogP contribution in [-0.4, -0.2) is 29.4 Å². The van der Waals surface area contributed by atoms with Crippen molar-refractivity contribution >= 4 is 40.6 Å². The Morgan fingerprint density at radius 2 is 1.81 bits per heavy atom. The minimum Gasteiger partial charge on any atom is -0.462 e. The molecule has 0 aliphatic carbocycles. The third-order valence-corrected chi connectivity index (χ3v) is 4.66. The predicted molar refractivity (Wildman–Crippen MR) is 110 cm³/mol. The van der Waals surface area contributed by atoms with Gasteiger partial charge in [-0.25, -0.2) is 9.79 Å². The van der Waals surface area contributed by atoms with E-state index in [-0.39, 0.29) is 11.9 Å². The van der Waals surface area contributed by atoms with Crippen molar-refractivity contribution in [2.75, 3.05) is 17.3 Å². The number of rotatable bonds is 5. The number of amides is 1. The molecule has 0 bridgehead atoms. The summed E-state index contributed by atoms with van der Waals surface area (Å²) in [7, 11) is 0. The van der Waals surface area contributed by atoms with Gasteiger partial charge in [-0.2, -0.15) is 0 Å². The highest BCUT2D eigenvalue weighted by Crippen LogP contribution is 2.29. The standard InChI is InChI=1S/C21H20N2O3S/c1-3-26-20(25)16-10-12-17(13-11-16)23-19(24)18(22-21(23)27-4-2)14-15-8-6-5-7-9-15/h5-14H,3-4H2,1-2H3/b18-14-. The highest BCUT2D eigenvalue weighted by Gasteiger charge is 2.31. The normalized spacial score (nSPS) is 15.2. The molecule has 0 aromatic heterocycles. The molecule has 1 amide bonds. The van der Waals surface area contributed by atoms with Crippen LogP contribution in [0.4, 0.5) is 5.69 Å². The minimum atomic E-state index is -0.377. The summed E-state index contributed by atoms with van der Waals surface area (Å²) in [6.07, 6.45) is 1.78. The molecule has 0 spiro atoms. The molecule has 0 N–H and O–H groups in total. The van der Waals surface area contributed by atoms with Gasteiger partial charge in [0, 0.05) is 0 Å². The molecule has 6 heteroatoms. The van der Waals surface area contributed by atoms with E-state index >= 15 is 0 Å². The summed E-state index contributed by atoms with van der Waals surface area (Å²) in [6.45, 7) is 4.10. The van der Waals surface area contributed by atoms with E-state index in [0.717, 1.165) is 11.3 Å². The first-order valence-electron chi connectivity index (χ1n) is 8.74. The minimum absolute atomic E-state index is 0.182. The summed E-state index contributed by atoms with van der Waals surface area (Å²) in [4.78, 5) is 30.9. The Labute approximate surface area is 162 Å². The number of hydrogen-bond donors (Lipinski definition) is 0. The second-order valence-corrected chi connectivity index (χ2v) is 6.91. The van der Waals surface area contributed by atoms with Gasteiger partial charge in [0.25, 0.3) is 5.91 Å². The molecule has 3 rings (SSSR count). The van der Waals surface area contributed by atoms with Gasteiger partial charge < -0.3 is 4.74 Å². The topological polar surface area (TPSA) is 59.0 Å². The van der Waals surface area contributed by atoms with Crippen LogP contribution in [0.5, 0.6) is 0 Å². The first-order valence-corrected chi connectivity index (χ1v) is 9.72. The Balaban J connectivity index is 1.90. The summed E-state index contributed by atoms with van der Waals surface area (Å²) < 4.78 is 5.00. The quantitative estimate of drug-likeness (QED) is 0.571. The van der Waals surface area contributed by atoms with E-state index < -0.39 is 0 Å². The lowest BCUT2D eigenvalue weighted by molar-refractivity contribution is -0.113. The maximum Gasteiger partial charge on any atom is 0.338 e. The number of amidine groups is 1. The van der Waals surface area contributed by atoms with Gasteiger partial charge in [-0.1, -0.05) is 49.0 Å². The Kier molecular flexibility index (Phi) is 6.08. The van der Waals surface area contributed by atoms with Crippen LogP contribution in [0, 0.1) is 0 Å². The van der Waals surface area contributed by atoms with E-state index in [1.54, 1.807) is 42.2 Å².